The molecular weight excluding hydrogens is 116 g/mol. The van der Waals surface area contributed by atoms with Gasteiger partial charge in [0.2, 0.25) is 5.03 Å². The molecule has 0 bridgehead atoms. The molecule has 0 heterocycles. The van der Waals surface area contributed by atoms with Crippen molar-refractivity contribution < 1.29 is 13.7 Å². The van der Waals surface area contributed by atoms with Crippen LogP contribution in [0.4, 0.5) is 4.79 Å². The Kier molecular flexibility index (Phi) is 2.77. The van der Waals surface area contributed by atoms with E-state index in [9.17, 15) is 13.7 Å². The quantitative estimate of drug-likeness (QED) is 0.444. The maximum absolute atomic E-state index is 9.58. The molecular formula is CO3Si2. The van der Waals surface area contributed by atoms with E-state index in [0.717, 1.165) is 0 Å². The summed E-state index contributed by atoms with van der Waals surface area (Å²) in [5.41, 5.74) is 0. The van der Waals surface area contributed by atoms with Gasteiger partial charge in [-0.25, -0.2) is 0 Å². The lowest BCUT2D eigenvalue weighted by Gasteiger charge is -1.52. The van der Waals surface area contributed by atoms with E-state index in [2.05, 4.69) is 0 Å². The van der Waals surface area contributed by atoms with Gasteiger partial charge in [0.15, 0.2) is 0 Å². The van der Waals surface area contributed by atoms with Crippen LogP contribution in [0.15, 0.2) is 0 Å². The molecule has 0 aromatic carbocycles. The topological polar surface area (TPSA) is 51.2 Å². The lowest BCUT2D eigenvalue weighted by atomic mass is 11.8. The van der Waals surface area contributed by atoms with Crippen LogP contribution >= 0.6 is 0 Å². The zero-order chi connectivity index (χ0) is 4.99. The molecule has 5 heteroatoms. The average Bonchev–Trinajstić information content (AvgIpc) is 1.65. The highest BCUT2D eigenvalue weighted by Gasteiger charge is 1.95. The van der Waals surface area contributed by atoms with Gasteiger partial charge in [-0.3, -0.25) is 4.79 Å². The second-order valence-corrected chi connectivity index (χ2v) is 2.35. The van der Waals surface area contributed by atoms with Crippen LogP contribution in [0.2, 0.25) is 0 Å². The summed E-state index contributed by atoms with van der Waals surface area (Å²) in [6.45, 7) is 0. The van der Waals surface area contributed by atoms with E-state index in [1.807, 2.05) is 0 Å². The summed E-state index contributed by atoms with van der Waals surface area (Å²) in [6.07, 6.45) is 0. The van der Waals surface area contributed by atoms with Crippen molar-refractivity contribution in [2.45, 2.75) is 0 Å². The standard InChI is InChI=1S/CO3Si2/c2-1(5-3)6-4. The van der Waals surface area contributed by atoms with E-state index >= 15 is 0 Å². The minimum Gasteiger partial charge on any atom is -0.375 e. The van der Waals surface area contributed by atoms with Gasteiger partial charge in [-0.1, -0.05) is 0 Å². The summed E-state index contributed by atoms with van der Waals surface area (Å²) in [7, 11) is -2.11. The monoisotopic (exact) mass is 116 g/mol. The van der Waals surface area contributed by atoms with E-state index < -0.39 is 23.8 Å². The van der Waals surface area contributed by atoms with Crippen molar-refractivity contribution in [2.75, 3.05) is 0 Å². The third-order valence-corrected chi connectivity index (χ3v) is 1.17. The predicted molar refractivity (Wildman–Crippen MR) is 18.3 cm³/mol. The molecule has 0 saturated heterocycles. The molecule has 0 fully saturated rings. The van der Waals surface area contributed by atoms with Gasteiger partial charge in [0, 0.05) is 0 Å². The van der Waals surface area contributed by atoms with E-state index in [1.165, 1.54) is 0 Å². The van der Waals surface area contributed by atoms with Gasteiger partial charge in [0.05, 0.1) is 0 Å². The van der Waals surface area contributed by atoms with Gasteiger partial charge < -0.3 is 8.92 Å². The van der Waals surface area contributed by atoms with Gasteiger partial charge >= 0.3 is 18.8 Å². The number of carbonyl (C=O) groups excluding carboxylic acids is 1. The van der Waals surface area contributed by atoms with Gasteiger partial charge in [0.25, 0.3) is 0 Å². The molecule has 0 atom stereocenters. The van der Waals surface area contributed by atoms with Crippen LogP contribution in [-0.4, -0.2) is 23.8 Å². The molecule has 0 rings (SSSR count). The number of carbonyl (C=O) groups is 1. The lowest BCUT2D eigenvalue weighted by Crippen LogP contribution is -1.98. The Morgan fingerprint density at radius 3 is 1.50 bits per heavy atom. The molecule has 0 aromatic rings. The molecule has 6 heavy (non-hydrogen) atoms. The number of rotatable bonds is 2. The summed E-state index contributed by atoms with van der Waals surface area (Å²) in [4.78, 5) is 9.58. The molecule has 0 aliphatic heterocycles. The first-order valence-electron chi connectivity index (χ1n) is 1.11. The van der Waals surface area contributed by atoms with Crippen LogP contribution in [-0.2, 0) is 8.92 Å². The summed E-state index contributed by atoms with van der Waals surface area (Å²) in [5, 5.41) is -0.713. The van der Waals surface area contributed by atoms with Gasteiger partial charge in [-0.2, -0.15) is 0 Å². The van der Waals surface area contributed by atoms with E-state index in [0.29, 0.717) is 0 Å². The van der Waals surface area contributed by atoms with E-state index in [1.54, 1.807) is 0 Å². The maximum Gasteiger partial charge on any atom is 0.409 e. The van der Waals surface area contributed by atoms with Crippen LogP contribution in [0, 0.1) is 0 Å². The summed E-state index contributed by atoms with van der Waals surface area (Å²) < 4.78 is 18.7. The molecule has 0 unspecified atom stereocenters. The fourth-order valence-corrected chi connectivity index (χ4v) is 0.188. The van der Waals surface area contributed by atoms with Gasteiger partial charge in [0.1, 0.15) is 0 Å². The van der Waals surface area contributed by atoms with Crippen LogP contribution in [0.5, 0.6) is 0 Å². The second-order valence-electron chi connectivity index (χ2n) is 0.533. The smallest absolute Gasteiger partial charge is 0.375 e. The Morgan fingerprint density at radius 1 is 1.17 bits per heavy atom. The Hall–Kier alpha value is -0.296. The Bertz CT molecular complexity index is 76.8. The Balaban J connectivity index is 3.52. The van der Waals surface area contributed by atoms with Crippen LogP contribution in [0.3, 0.4) is 0 Å². The predicted octanol–water partition coefficient (Wildman–Crippen LogP) is -0.794. The average molecular weight is 116 g/mol. The largest absolute Gasteiger partial charge is 0.409 e. The van der Waals surface area contributed by atoms with Crippen molar-refractivity contribution in [1.29, 1.82) is 0 Å². The second kappa shape index (κ2) is 2.92. The van der Waals surface area contributed by atoms with E-state index in [4.69, 9.17) is 0 Å². The van der Waals surface area contributed by atoms with Crippen molar-refractivity contribution in [3.05, 3.63) is 0 Å². The Morgan fingerprint density at radius 2 is 1.50 bits per heavy atom. The molecule has 3 nitrogen and oxygen atoms in total. The van der Waals surface area contributed by atoms with E-state index in [-0.39, 0.29) is 0 Å². The first-order valence-corrected chi connectivity index (χ1v) is 2.93. The van der Waals surface area contributed by atoms with Crippen molar-refractivity contribution in [3.63, 3.8) is 0 Å². The van der Waals surface area contributed by atoms with Crippen LogP contribution < -0.4 is 0 Å². The lowest BCUT2D eigenvalue weighted by molar-refractivity contribution is 0.272. The number of hydrogen-bond donors (Lipinski definition) is 0. The highest BCUT2D eigenvalue weighted by atomic mass is 28.3. The zero-order valence-electron chi connectivity index (χ0n) is 2.72. The molecule has 0 amide bonds. The highest BCUT2D eigenvalue weighted by molar-refractivity contribution is 6.92. The molecule has 0 aliphatic rings. The van der Waals surface area contributed by atoms with Crippen molar-refractivity contribution >= 4 is 23.8 Å². The van der Waals surface area contributed by atoms with Crippen molar-refractivity contribution in [1.82, 2.24) is 0 Å². The maximum atomic E-state index is 9.58. The summed E-state index contributed by atoms with van der Waals surface area (Å²) in [5.74, 6) is 0. The minimum atomic E-state index is -1.06. The molecule has 0 N–H and O–H groups in total. The molecule has 2 radical (unpaired) electrons. The van der Waals surface area contributed by atoms with Gasteiger partial charge in [-0.15, -0.1) is 0 Å². The summed E-state index contributed by atoms with van der Waals surface area (Å²) >= 11 is 0. The van der Waals surface area contributed by atoms with Crippen molar-refractivity contribution in [2.24, 2.45) is 0 Å². The first-order chi connectivity index (χ1) is 2.81. The zero-order valence-corrected chi connectivity index (χ0v) is 4.72. The normalized spacial score (nSPS) is 6.67. The molecule has 0 aliphatic carbocycles. The third kappa shape index (κ3) is 1.97. The fourth-order valence-electron chi connectivity index (χ4n) is 0.0208. The Labute approximate surface area is 38.5 Å². The highest BCUT2D eigenvalue weighted by Crippen LogP contribution is 1.50. The fraction of sp³-hybridized carbons (Fsp3) is 0. The van der Waals surface area contributed by atoms with Crippen LogP contribution in [0.25, 0.3) is 0 Å². The molecule has 30 valence electrons. The number of hydrogen-bond acceptors (Lipinski definition) is 3. The first kappa shape index (κ1) is 5.70. The molecule has 0 spiro atoms. The molecule has 0 saturated carbocycles. The van der Waals surface area contributed by atoms with Gasteiger partial charge in [-0.05, 0) is 0 Å². The minimum absolute atomic E-state index is 0.713. The molecule has 0 aromatic heterocycles. The van der Waals surface area contributed by atoms with Crippen LogP contribution in [0.1, 0.15) is 0 Å². The third-order valence-electron chi connectivity index (χ3n) is 0.185. The summed E-state index contributed by atoms with van der Waals surface area (Å²) in [6, 6.07) is 0. The van der Waals surface area contributed by atoms with Crippen molar-refractivity contribution in [3.8, 4) is 0 Å². The SMILES string of the molecule is O=[Si]C(=O)[Si]=O.